The normalized spacial score (nSPS) is 14.1. The van der Waals surface area contributed by atoms with Crippen LogP contribution in [0.1, 0.15) is 19.8 Å². The molecule has 3 N–H and O–H groups in total. The summed E-state index contributed by atoms with van der Waals surface area (Å²) < 4.78 is 0. The van der Waals surface area contributed by atoms with Gasteiger partial charge in [-0.05, 0) is 25.3 Å². The molecule has 0 radical (unpaired) electrons. The van der Waals surface area contributed by atoms with Crippen molar-refractivity contribution in [2.24, 2.45) is 0 Å². The topological polar surface area (TPSA) is 80.0 Å². The van der Waals surface area contributed by atoms with Gasteiger partial charge in [0.15, 0.2) is 0 Å². The first-order valence-corrected chi connectivity index (χ1v) is 6.34. The van der Waals surface area contributed by atoms with E-state index in [-0.39, 0.29) is 5.95 Å². The van der Waals surface area contributed by atoms with Gasteiger partial charge in [-0.1, -0.05) is 17.7 Å². The molecule has 0 unspecified atom stereocenters. The monoisotopic (exact) mass is 260 g/mol. The van der Waals surface area contributed by atoms with E-state index < -0.39 is 0 Å². The molecule has 0 saturated heterocycles. The Morgan fingerprint density at radius 3 is 2.74 bits per heavy atom. The molecule has 0 atom stereocenters. The van der Waals surface area contributed by atoms with Gasteiger partial charge in [0.1, 0.15) is 0 Å². The fourth-order valence-electron chi connectivity index (χ4n) is 1.92. The van der Waals surface area contributed by atoms with Crippen molar-refractivity contribution >= 4 is 17.8 Å². The van der Waals surface area contributed by atoms with Crippen LogP contribution in [-0.2, 0) is 0 Å². The quantitative estimate of drug-likeness (QED) is 0.837. The average Bonchev–Trinajstić information content (AvgIpc) is 2.74. The van der Waals surface area contributed by atoms with Gasteiger partial charge < -0.3 is 16.0 Å². The molecule has 0 spiro atoms. The Balaban J connectivity index is 1.96. The zero-order valence-electron chi connectivity index (χ0n) is 11.6. The maximum atomic E-state index is 5.66. The van der Waals surface area contributed by atoms with E-state index in [1.165, 1.54) is 11.1 Å². The van der Waals surface area contributed by atoms with Gasteiger partial charge in [0, 0.05) is 20.6 Å². The van der Waals surface area contributed by atoms with E-state index in [9.17, 15) is 0 Å². The maximum Gasteiger partial charge on any atom is 0.231 e. The number of nitrogen functional groups attached to an aromatic ring is 1. The third-order valence-corrected chi connectivity index (χ3v) is 3.01. The summed E-state index contributed by atoms with van der Waals surface area (Å²) in [5, 5.41) is 3.19. The highest BCUT2D eigenvalue weighted by molar-refractivity contribution is 5.41. The van der Waals surface area contributed by atoms with Crippen LogP contribution in [0.5, 0.6) is 0 Å². The van der Waals surface area contributed by atoms with E-state index in [0.717, 1.165) is 19.4 Å². The fourth-order valence-corrected chi connectivity index (χ4v) is 1.92. The third kappa shape index (κ3) is 3.43. The highest BCUT2D eigenvalue weighted by Gasteiger charge is 2.07. The highest BCUT2D eigenvalue weighted by Crippen LogP contribution is 2.20. The highest BCUT2D eigenvalue weighted by atomic mass is 15.3. The predicted octanol–water partition coefficient (Wildman–Crippen LogP) is 1.60. The second-order valence-corrected chi connectivity index (χ2v) is 4.80. The molecular weight excluding hydrogens is 240 g/mol. The first kappa shape index (κ1) is 13.3. The van der Waals surface area contributed by atoms with Gasteiger partial charge in [-0.2, -0.15) is 15.0 Å². The number of rotatable bonds is 5. The third-order valence-electron chi connectivity index (χ3n) is 3.01. The van der Waals surface area contributed by atoms with Gasteiger partial charge in [0.25, 0.3) is 0 Å². The molecule has 1 aromatic heterocycles. The summed E-state index contributed by atoms with van der Waals surface area (Å²) in [7, 11) is 3.74. The molecule has 1 heterocycles. The number of anilines is 3. The zero-order chi connectivity index (χ0) is 13.8. The van der Waals surface area contributed by atoms with Crippen LogP contribution in [0.3, 0.4) is 0 Å². The van der Waals surface area contributed by atoms with Gasteiger partial charge in [0.2, 0.25) is 17.8 Å². The summed E-state index contributed by atoms with van der Waals surface area (Å²) in [6, 6.07) is 0. The van der Waals surface area contributed by atoms with Crippen molar-refractivity contribution in [1.82, 2.24) is 15.0 Å². The summed E-state index contributed by atoms with van der Waals surface area (Å²) in [6.07, 6.45) is 6.41. The van der Waals surface area contributed by atoms with Gasteiger partial charge in [-0.15, -0.1) is 0 Å². The van der Waals surface area contributed by atoms with E-state index in [1.807, 2.05) is 14.1 Å². The van der Waals surface area contributed by atoms with E-state index in [0.29, 0.717) is 11.9 Å². The van der Waals surface area contributed by atoms with Crippen molar-refractivity contribution in [2.45, 2.75) is 19.8 Å². The molecule has 1 aliphatic carbocycles. The second kappa shape index (κ2) is 5.69. The Morgan fingerprint density at radius 1 is 1.32 bits per heavy atom. The van der Waals surface area contributed by atoms with Crippen molar-refractivity contribution in [3.8, 4) is 0 Å². The minimum absolute atomic E-state index is 0.234. The van der Waals surface area contributed by atoms with Crippen LogP contribution in [0.15, 0.2) is 23.3 Å². The summed E-state index contributed by atoms with van der Waals surface area (Å²) in [6.45, 7) is 2.95. The molecule has 0 fully saturated rings. The van der Waals surface area contributed by atoms with Crippen LogP contribution in [0.25, 0.3) is 0 Å². The standard InChI is InChI=1S/C13H20N6/c1-9-5-4-6-10(9)7-8-15-12-16-11(14)17-13(18-12)19(2)3/h4,6H,5,7-8H2,1-3H3,(H3,14,15,16,17,18). The summed E-state index contributed by atoms with van der Waals surface area (Å²) in [4.78, 5) is 14.2. The van der Waals surface area contributed by atoms with E-state index in [4.69, 9.17) is 5.73 Å². The number of hydrogen-bond acceptors (Lipinski definition) is 6. The Morgan fingerprint density at radius 2 is 2.11 bits per heavy atom. The number of allylic oxidation sites excluding steroid dienone is 3. The van der Waals surface area contributed by atoms with Crippen molar-refractivity contribution in [3.63, 3.8) is 0 Å². The maximum absolute atomic E-state index is 5.66. The first-order chi connectivity index (χ1) is 9.06. The molecule has 0 amide bonds. The zero-order valence-corrected chi connectivity index (χ0v) is 11.6. The number of nitrogens with one attached hydrogen (secondary N) is 1. The second-order valence-electron chi connectivity index (χ2n) is 4.80. The van der Waals surface area contributed by atoms with E-state index in [1.54, 1.807) is 4.90 Å². The number of aromatic nitrogens is 3. The Hall–Kier alpha value is -2.11. The van der Waals surface area contributed by atoms with Crippen molar-refractivity contribution in [2.75, 3.05) is 36.6 Å². The molecule has 0 saturated carbocycles. The van der Waals surface area contributed by atoms with Gasteiger partial charge in [-0.3, -0.25) is 0 Å². The van der Waals surface area contributed by atoms with Crippen LogP contribution in [0.4, 0.5) is 17.8 Å². The lowest BCUT2D eigenvalue weighted by molar-refractivity contribution is 0.933. The molecule has 6 heteroatoms. The molecule has 2 rings (SSSR count). The Bertz CT molecular complexity index is 518. The van der Waals surface area contributed by atoms with Crippen LogP contribution in [-0.4, -0.2) is 35.6 Å². The minimum atomic E-state index is 0.234. The number of nitrogens with zero attached hydrogens (tertiary/aromatic N) is 4. The summed E-state index contributed by atoms with van der Waals surface area (Å²) in [5.41, 5.74) is 8.49. The lowest BCUT2D eigenvalue weighted by Gasteiger charge is -2.12. The molecule has 19 heavy (non-hydrogen) atoms. The van der Waals surface area contributed by atoms with Crippen molar-refractivity contribution < 1.29 is 0 Å². The predicted molar refractivity (Wildman–Crippen MR) is 78.1 cm³/mol. The van der Waals surface area contributed by atoms with Gasteiger partial charge in [0.05, 0.1) is 0 Å². The molecule has 0 aromatic carbocycles. The lowest BCUT2D eigenvalue weighted by atomic mass is 10.1. The Labute approximate surface area is 113 Å². The van der Waals surface area contributed by atoms with Gasteiger partial charge in [-0.25, -0.2) is 0 Å². The van der Waals surface area contributed by atoms with Crippen LogP contribution in [0.2, 0.25) is 0 Å². The van der Waals surface area contributed by atoms with Crippen LogP contribution < -0.4 is 16.0 Å². The molecule has 1 aliphatic rings. The van der Waals surface area contributed by atoms with Gasteiger partial charge >= 0.3 is 0 Å². The minimum Gasteiger partial charge on any atom is -0.368 e. The van der Waals surface area contributed by atoms with E-state index in [2.05, 4.69) is 39.3 Å². The number of hydrogen-bond donors (Lipinski definition) is 2. The fraction of sp³-hybridized carbons (Fsp3) is 0.462. The molecular formula is C13H20N6. The average molecular weight is 260 g/mol. The summed E-state index contributed by atoms with van der Waals surface area (Å²) in [5.74, 6) is 1.32. The Kier molecular flexibility index (Phi) is 3.99. The molecule has 1 aromatic rings. The first-order valence-electron chi connectivity index (χ1n) is 6.34. The SMILES string of the molecule is CC1=C(CCNc2nc(N)nc(N(C)C)n2)C=CC1. The molecule has 102 valence electrons. The van der Waals surface area contributed by atoms with E-state index >= 15 is 0 Å². The molecule has 0 bridgehead atoms. The number of nitrogens with two attached hydrogens (primary N) is 1. The molecule has 6 nitrogen and oxygen atoms in total. The largest absolute Gasteiger partial charge is 0.368 e. The smallest absolute Gasteiger partial charge is 0.231 e. The van der Waals surface area contributed by atoms with Crippen molar-refractivity contribution in [1.29, 1.82) is 0 Å². The van der Waals surface area contributed by atoms with Crippen molar-refractivity contribution in [3.05, 3.63) is 23.3 Å². The van der Waals surface area contributed by atoms with Crippen LogP contribution >= 0.6 is 0 Å². The molecule has 0 aliphatic heterocycles. The van der Waals surface area contributed by atoms with Crippen LogP contribution in [0, 0.1) is 0 Å². The lowest BCUT2D eigenvalue weighted by Crippen LogP contribution is -2.17. The summed E-state index contributed by atoms with van der Waals surface area (Å²) >= 11 is 0.